The molecule has 35 heavy (non-hydrogen) atoms. The molecule has 2 heterocycles. The summed E-state index contributed by atoms with van der Waals surface area (Å²) in [4.78, 5) is 19.9. The Bertz CT molecular complexity index is 1180. The summed E-state index contributed by atoms with van der Waals surface area (Å²) in [6, 6.07) is 17.5. The van der Waals surface area contributed by atoms with Gasteiger partial charge in [-0.05, 0) is 61.2 Å². The van der Waals surface area contributed by atoms with Gasteiger partial charge in [0.05, 0.1) is 25.3 Å². The predicted molar refractivity (Wildman–Crippen MR) is 143 cm³/mol. The van der Waals surface area contributed by atoms with E-state index in [9.17, 15) is 9.90 Å². The Labute approximate surface area is 212 Å². The molecule has 4 rings (SSSR count). The van der Waals surface area contributed by atoms with Crippen molar-refractivity contribution in [2.45, 2.75) is 31.3 Å². The third-order valence-electron chi connectivity index (χ3n) is 6.95. The summed E-state index contributed by atoms with van der Waals surface area (Å²) in [6.07, 6.45) is 2.06. The van der Waals surface area contributed by atoms with E-state index >= 15 is 0 Å². The van der Waals surface area contributed by atoms with Crippen molar-refractivity contribution >= 4 is 11.8 Å². The first-order valence-electron chi connectivity index (χ1n) is 12.1. The zero-order valence-electron chi connectivity index (χ0n) is 21.0. The van der Waals surface area contributed by atoms with Gasteiger partial charge in [-0.3, -0.25) is 9.69 Å². The van der Waals surface area contributed by atoms with E-state index in [1.165, 1.54) is 4.90 Å². The van der Waals surface area contributed by atoms with Crippen molar-refractivity contribution in [1.82, 2.24) is 14.4 Å². The molecule has 3 aromatic rings. The number of aromatic hydroxyl groups is 1. The number of pyridine rings is 1. The average Bonchev–Trinajstić information content (AvgIpc) is 2.89. The highest BCUT2D eigenvalue weighted by Gasteiger charge is 2.31. The van der Waals surface area contributed by atoms with Gasteiger partial charge < -0.3 is 19.3 Å². The molecule has 0 radical (unpaired) electrons. The van der Waals surface area contributed by atoms with E-state index in [1.807, 2.05) is 31.2 Å². The maximum absolute atomic E-state index is 14.0. The molecule has 0 bridgehead atoms. The van der Waals surface area contributed by atoms with Crippen LogP contribution in [0.3, 0.4) is 0 Å². The third kappa shape index (κ3) is 5.58. The molecule has 7 heteroatoms. The number of hydrogen-bond donors (Lipinski definition) is 1. The van der Waals surface area contributed by atoms with Crippen molar-refractivity contribution in [1.29, 1.82) is 0 Å². The van der Waals surface area contributed by atoms with E-state index in [0.717, 1.165) is 55.3 Å². The Morgan fingerprint density at radius 2 is 1.69 bits per heavy atom. The minimum absolute atomic E-state index is 0.0651. The lowest BCUT2D eigenvalue weighted by atomic mass is 9.96. The number of hydrogen-bond acceptors (Lipinski definition) is 6. The van der Waals surface area contributed by atoms with Gasteiger partial charge in [-0.2, -0.15) is 0 Å². The van der Waals surface area contributed by atoms with E-state index in [2.05, 4.69) is 47.2 Å². The Kier molecular flexibility index (Phi) is 8.21. The van der Waals surface area contributed by atoms with Gasteiger partial charge in [0.15, 0.2) is 0 Å². The molecule has 1 fully saturated rings. The van der Waals surface area contributed by atoms with E-state index in [1.54, 1.807) is 29.5 Å². The van der Waals surface area contributed by atoms with Crippen LogP contribution in [0.5, 0.6) is 11.5 Å². The van der Waals surface area contributed by atoms with Gasteiger partial charge in [-0.25, -0.2) is 0 Å². The number of aromatic nitrogens is 1. The van der Waals surface area contributed by atoms with Crippen molar-refractivity contribution in [3.8, 4) is 11.5 Å². The van der Waals surface area contributed by atoms with E-state index in [4.69, 9.17) is 4.74 Å². The maximum atomic E-state index is 14.0. The fraction of sp³-hybridized carbons (Fsp3) is 0.393. The Hall–Kier alpha value is -2.74. The first kappa shape index (κ1) is 25.4. The summed E-state index contributed by atoms with van der Waals surface area (Å²) in [5, 5.41) is 11.1. The zero-order chi connectivity index (χ0) is 24.9. The molecule has 0 saturated carbocycles. The molecule has 1 N–H and O–H groups in total. The Morgan fingerprint density at radius 3 is 2.26 bits per heavy atom. The summed E-state index contributed by atoms with van der Waals surface area (Å²) >= 11 is 1.69. The Balaban J connectivity index is 1.78. The molecule has 1 aliphatic heterocycles. The van der Waals surface area contributed by atoms with Crippen LogP contribution in [-0.4, -0.2) is 65.6 Å². The third-order valence-corrected chi connectivity index (χ3v) is 7.69. The first-order chi connectivity index (χ1) is 16.9. The minimum Gasteiger partial charge on any atom is -0.507 e. The molecular formula is C28H35N3O3S. The van der Waals surface area contributed by atoms with Crippen LogP contribution in [0.15, 0.2) is 64.3 Å². The lowest BCUT2D eigenvalue weighted by molar-refractivity contribution is 0.111. The number of methoxy groups -OCH3 is 1. The van der Waals surface area contributed by atoms with E-state index in [0.29, 0.717) is 12.1 Å². The quantitative estimate of drug-likeness (QED) is 0.471. The van der Waals surface area contributed by atoms with Crippen molar-refractivity contribution in [2.75, 3.05) is 46.1 Å². The maximum Gasteiger partial charge on any atom is 0.259 e. The summed E-state index contributed by atoms with van der Waals surface area (Å²) in [6.45, 7) is 9.08. The molecule has 1 saturated heterocycles. The van der Waals surface area contributed by atoms with Gasteiger partial charge in [-0.15, -0.1) is 11.8 Å². The number of aryl methyl sites for hydroxylation is 1. The van der Waals surface area contributed by atoms with Crippen LogP contribution in [0.4, 0.5) is 0 Å². The van der Waals surface area contributed by atoms with Crippen LogP contribution in [-0.2, 0) is 6.54 Å². The highest BCUT2D eigenvalue weighted by atomic mass is 32.2. The van der Waals surface area contributed by atoms with Crippen molar-refractivity contribution in [3.63, 3.8) is 0 Å². The van der Waals surface area contributed by atoms with Crippen LogP contribution in [0.2, 0.25) is 0 Å². The highest BCUT2D eigenvalue weighted by molar-refractivity contribution is 7.98. The standard InChI is InChI=1S/C28H35N3O3S/c1-5-29-14-16-30(17-15-29)27(22-8-12-24(35-4)13-9-22)26-25(32)18-20(2)31(28(26)33)19-21-6-10-23(34-3)11-7-21/h6-13,18,27,32H,5,14-17,19H2,1-4H3/t27-/m0/s1. The molecule has 0 spiro atoms. The number of rotatable bonds is 8. The van der Waals surface area contributed by atoms with Gasteiger partial charge in [0.1, 0.15) is 11.5 Å². The number of benzene rings is 2. The second kappa shape index (κ2) is 11.3. The average molecular weight is 494 g/mol. The lowest BCUT2D eigenvalue weighted by Crippen LogP contribution is -2.48. The van der Waals surface area contributed by atoms with Crippen molar-refractivity contribution in [3.05, 3.63) is 87.3 Å². The fourth-order valence-electron chi connectivity index (χ4n) is 4.82. The van der Waals surface area contributed by atoms with E-state index < -0.39 is 0 Å². The van der Waals surface area contributed by atoms with Crippen LogP contribution in [0, 0.1) is 6.92 Å². The molecule has 1 aromatic heterocycles. The summed E-state index contributed by atoms with van der Waals surface area (Å²) < 4.78 is 7.04. The van der Waals surface area contributed by atoms with Crippen molar-refractivity contribution < 1.29 is 9.84 Å². The van der Waals surface area contributed by atoms with Gasteiger partial charge in [0.25, 0.3) is 5.56 Å². The molecule has 186 valence electrons. The van der Waals surface area contributed by atoms with E-state index in [-0.39, 0.29) is 17.4 Å². The van der Waals surface area contributed by atoms with Crippen LogP contribution >= 0.6 is 11.8 Å². The van der Waals surface area contributed by atoms with Gasteiger partial charge in [0.2, 0.25) is 0 Å². The van der Waals surface area contributed by atoms with Crippen LogP contribution < -0.4 is 10.3 Å². The zero-order valence-corrected chi connectivity index (χ0v) is 21.8. The first-order valence-corrected chi connectivity index (χ1v) is 13.3. The smallest absolute Gasteiger partial charge is 0.259 e. The molecule has 1 aliphatic rings. The van der Waals surface area contributed by atoms with Crippen LogP contribution in [0.1, 0.15) is 35.3 Å². The number of ether oxygens (including phenoxy) is 1. The van der Waals surface area contributed by atoms with Gasteiger partial charge in [0, 0.05) is 36.8 Å². The normalized spacial score (nSPS) is 15.8. The second-order valence-corrected chi connectivity index (χ2v) is 9.85. The molecule has 0 amide bonds. The minimum atomic E-state index is -0.305. The Morgan fingerprint density at radius 1 is 1.03 bits per heavy atom. The fourth-order valence-corrected chi connectivity index (χ4v) is 5.23. The molecule has 0 aliphatic carbocycles. The molecule has 1 atom stereocenters. The number of likely N-dealkylation sites (N-methyl/N-ethyl adjacent to an activating group) is 1. The largest absolute Gasteiger partial charge is 0.507 e. The van der Waals surface area contributed by atoms with Crippen molar-refractivity contribution in [2.24, 2.45) is 0 Å². The highest BCUT2D eigenvalue weighted by Crippen LogP contribution is 2.34. The number of nitrogens with zero attached hydrogens (tertiary/aromatic N) is 3. The molecule has 6 nitrogen and oxygen atoms in total. The van der Waals surface area contributed by atoms with Gasteiger partial charge in [-0.1, -0.05) is 31.2 Å². The van der Waals surface area contributed by atoms with Crippen LogP contribution in [0.25, 0.3) is 0 Å². The number of thioether (sulfide) groups is 1. The SMILES string of the molecule is CCN1CCN([C@@H](c2ccc(SC)cc2)c2c(O)cc(C)n(Cc3ccc(OC)cc3)c2=O)CC1. The molecule has 0 unspecified atom stereocenters. The number of piperazine rings is 1. The topological polar surface area (TPSA) is 57.9 Å². The summed E-state index contributed by atoms with van der Waals surface area (Å²) in [7, 11) is 1.64. The molecule has 2 aromatic carbocycles. The monoisotopic (exact) mass is 493 g/mol. The summed E-state index contributed by atoms with van der Waals surface area (Å²) in [5.74, 6) is 0.847. The summed E-state index contributed by atoms with van der Waals surface area (Å²) in [5.41, 5.74) is 3.07. The predicted octanol–water partition coefficient (Wildman–Crippen LogP) is 4.37. The lowest BCUT2D eigenvalue weighted by Gasteiger charge is -2.39. The molecular weight excluding hydrogens is 458 g/mol. The van der Waals surface area contributed by atoms with Gasteiger partial charge >= 0.3 is 0 Å². The second-order valence-electron chi connectivity index (χ2n) is 8.97.